The normalized spacial score (nSPS) is 15.1. The molecular weight excluding hydrogens is 393 g/mol. The Kier molecular flexibility index (Phi) is 6.72. The molecule has 29 heavy (non-hydrogen) atoms. The van der Waals surface area contributed by atoms with Crippen LogP contribution in [0.15, 0.2) is 60.0 Å². The van der Waals surface area contributed by atoms with Crippen LogP contribution in [0, 0.1) is 5.82 Å². The second-order valence-corrected chi connectivity index (χ2v) is 7.09. The van der Waals surface area contributed by atoms with Crippen LogP contribution in [0.2, 0.25) is 0 Å². The molecule has 7 heteroatoms. The van der Waals surface area contributed by atoms with Gasteiger partial charge >= 0.3 is 0 Å². The maximum Gasteiger partial charge on any atom is 0.293 e. The first-order chi connectivity index (χ1) is 14.0. The smallest absolute Gasteiger partial charge is 0.293 e. The summed E-state index contributed by atoms with van der Waals surface area (Å²) in [4.78, 5) is 26.3. The van der Waals surface area contributed by atoms with Crippen molar-refractivity contribution in [1.82, 2.24) is 4.90 Å². The summed E-state index contributed by atoms with van der Waals surface area (Å²) in [6.07, 6.45) is 3.25. The molecule has 2 aromatic carbocycles. The lowest BCUT2D eigenvalue weighted by Gasteiger charge is -2.13. The number of halogens is 1. The molecule has 0 aliphatic carbocycles. The van der Waals surface area contributed by atoms with Crippen LogP contribution in [0.5, 0.6) is 11.5 Å². The van der Waals surface area contributed by atoms with E-state index >= 15 is 0 Å². The van der Waals surface area contributed by atoms with Gasteiger partial charge < -0.3 is 9.47 Å². The standard InChI is InChI=1S/C22H20FNO4S/c1-3-11-28-18-10-9-15(12-19(18)27-4-2)13-20-21(25)24(22(26)29-20)14-16-7-5-6-8-17(16)23/h3,5-10,12-13H,1,4,11,14H2,2H3/b20-13+. The zero-order chi connectivity index (χ0) is 20.8. The molecule has 0 spiro atoms. The quantitative estimate of drug-likeness (QED) is 0.449. The topological polar surface area (TPSA) is 55.8 Å². The highest BCUT2D eigenvalue weighted by atomic mass is 32.2. The average molecular weight is 413 g/mol. The Labute approximate surface area is 172 Å². The van der Waals surface area contributed by atoms with E-state index in [0.717, 1.165) is 16.7 Å². The van der Waals surface area contributed by atoms with Crippen molar-refractivity contribution in [2.24, 2.45) is 0 Å². The van der Waals surface area contributed by atoms with Gasteiger partial charge in [0, 0.05) is 5.56 Å². The van der Waals surface area contributed by atoms with Crippen LogP contribution in [0.25, 0.3) is 6.08 Å². The van der Waals surface area contributed by atoms with Crippen molar-refractivity contribution >= 4 is 29.0 Å². The van der Waals surface area contributed by atoms with E-state index in [1.54, 1.807) is 48.6 Å². The van der Waals surface area contributed by atoms with Crippen molar-refractivity contribution in [3.8, 4) is 11.5 Å². The lowest BCUT2D eigenvalue weighted by Crippen LogP contribution is -2.27. The lowest BCUT2D eigenvalue weighted by molar-refractivity contribution is -0.123. The molecule has 0 N–H and O–H groups in total. The molecule has 2 amide bonds. The molecule has 2 aromatic rings. The predicted molar refractivity (Wildman–Crippen MR) is 111 cm³/mol. The molecule has 1 fully saturated rings. The minimum Gasteiger partial charge on any atom is -0.490 e. The fourth-order valence-electron chi connectivity index (χ4n) is 2.74. The van der Waals surface area contributed by atoms with Gasteiger partial charge in [0.2, 0.25) is 0 Å². The number of amides is 2. The van der Waals surface area contributed by atoms with Gasteiger partial charge in [0.05, 0.1) is 18.1 Å². The second kappa shape index (κ2) is 9.43. The number of imide groups is 1. The monoisotopic (exact) mass is 413 g/mol. The van der Waals surface area contributed by atoms with E-state index in [2.05, 4.69) is 6.58 Å². The summed E-state index contributed by atoms with van der Waals surface area (Å²) >= 11 is 0.830. The van der Waals surface area contributed by atoms with Gasteiger partial charge in [-0.3, -0.25) is 14.5 Å². The van der Waals surface area contributed by atoms with E-state index in [4.69, 9.17) is 9.47 Å². The molecule has 5 nitrogen and oxygen atoms in total. The second-order valence-electron chi connectivity index (χ2n) is 6.10. The van der Waals surface area contributed by atoms with Gasteiger partial charge in [-0.05, 0) is 48.5 Å². The Balaban J connectivity index is 1.82. The number of ether oxygens (including phenoxy) is 2. The highest BCUT2D eigenvalue weighted by Gasteiger charge is 2.35. The zero-order valence-electron chi connectivity index (χ0n) is 15.9. The van der Waals surface area contributed by atoms with E-state index in [0.29, 0.717) is 35.8 Å². The molecule has 1 aliphatic rings. The minimum absolute atomic E-state index is 0.104. The van der Waals surface area contributed by atoms with Crippen molar-refractivity contribution in [2.45, 2.75) is 13.5 Å². The van der Waals surface area contributed by atoms with Crippen molar-refractivity contribution in [3.05, 3.63) is 77.0 Å². The molecule has 0 saturated carbocycles. The third-order valence-electron chi connectivity index (χ3n) is 4.08. The number of nitrogens with zero attached hydrogens (tertiary/aromatic N) is 1. The molecule has 0 atom stereocenters. The predicted octanol–water partition coefficient (Wildman–Crippen LogP) is 5.03. The van der Waals surface area contributed by atoms with E-state index < -0.39 is 17.0 Å². The molecule has 0 bridgehead atoms. The Bertz CT molecular complexity index is 973. The molecule has 1 heterocycles. The molecular formula is C22H20FNO4S. The van der Waals surface area contributed by atoms with Gasteiger partial charge in [-0.25, -0.2) is 4.39 Å². The van der Waals surface area contributed by atoms with Gasteiger partial charge in [0.25, 0.3) is 11.1 Å². The maximum atomic E-state index is 13.9. The average Bonchev–Trinajstić information content (AvgIpc) is 2.96. The largest absolute Gasteiger partial charge is 0.490 e. The van der Waals surface area contributed by atoms with Gasteiger partial charge in [-0.1, -0.05) is 36.9 Å². The summed E-state index contributed by atoms with van der Waals surface area (Å²) in [5.41, 5.74) is 0.981. The first kappa shape index (κ1) is 20.7. The van der Waals surface area contributed by atoms with Gasteiger partial charge in [0.1, 0.15) is 12.4 Å². The highest BCUT2D eigenvalue weighted by molar-refractivity contribution is 8.18. The van der Waals surface area contributed by atoms with Crippen molar-refractivity contribution in [2.75, 3.05) is 13.2 Å². The van der Waals surface area contributed by atoms with Crippen molar-refractivity contribution in [1.29, 1.82) is 0 Å². The number of hydrogen-bond donors (Lipinski definition) is 0. The van der Waals surface area contributed by atoms with Gasteiger partial charge in [-0.15, -0.1) is 0 Å². The number of hydrogen-bond acceptors (Lipinski definition) is 5. The van der Waals surface area contributed by atoms with Crippen LogP contribution < -0.4 is 9.47 Å². The summed E-state index contributed by atoms with van der Waals surface area (Å²) in [7, 11) is 0. The number of rotatable bonds is 8. The lowest BCUT2D eigenvalue weighted by atomic mass is 10.1. The maximum absolute atomic E-state index is 13.9. The number of carbonyl (C=O) groups is 2. The highest BCUT2D eigenvalue weighted by Crippen LogP contribution is 2.35. The summed E-state index contributed by atoms with van der Waals surface area (Å²) in [5, 5.41) is -0.430. The van der Waals surface area contributed by atoms with E-state index in [-0.39, 0.29) is 11.4 Å². The van der Waals surface area contributed by atoms with E-state index in [9.17, 15) is 14.0 Å². The molecule has 0 unspecified atom stereocenters. The molecule has 0 aromatic heterocycles. The molecule has 1 saturated heterocycles. The molecule has 150 valence electrons. The first-order valence-corrected chi connectivity index (χ1v) is 9.84. The van der Waals surface area contributed by atoms with Crippen LogP contribution in [-0.4, -0.2) is 29.3 Å². The fraction of sp³-hybridized carbons (Fsp3) is 0.182. The summed E-state index contributed by atoms with van der Waals surface area (Å²) in [5.74, 6) is 0.199. The number of carbonyl (C=O) groups excluding carboxylic acids is 2. The molecule has 1 aliphatic heterocycles. The van der Waals surface area contributed by atoms with Crippen LogP contribution in [0.4, 0.5) is 9.18 Å². The van der Waals surface area contributed by atoms with Crippen LogP contribution in [0.3, 0.4) is 0 Å². The van der Waals surface area contributed by atoms with Crippen LogP contribution >= 0.6 is 11.8 Å². The first-order valence-electron chi connectivity index (χ1n) is 9.02. The SMILES string of the molecule is C=CCOc1ccc(/C=C2/SC(=O)N(Cc3ccccc3F)C2=O)cc1OCC. The Morgan fingerprint density at radius 2 is 1.93 bits per heavy atom. The van der Waals surface area contributed by atoms with Crippen LogP contribution in [0.1, 0.15) is 18.1 Å². The molecule has 3 rings (SSSR count). The summed E-state index contributed by atoms with van der Waals surface area (Å²) in [6.45, 7) is 6.17. The Morgan fingerprint density at radius 3 is 2.66 bits per heavy atom. The zero-order valence-corrected chi connectivity index (χ0v) is 16.7. The Hall–Kier alpha value is -3.06. The Morgan fingerprint density at radius 1 is 1.14 bits per heavy atom. The molecule has 0 radical (unpaired) electrons. The fourth-order valence-corrected chi connectivity index (χ4v) is 3.57. The third-order valence-corrected chi connectivity index (χ3v) is 4.99. The van der Waals surface area contributed by atoms with Crippen molar-refractivity contribution < 1.29 is 23.5 Å². The minimum atomic E-state index is -0.452. The third kappa shape index (κ3) is 4.86. The van der Waals surface area contributed by atoms with E-state index in [1.807, 2.05) is 6.92 Å². The van der Waals surface area contributed by atoms with Crippen LogP contribution in [-0.2, 0) is 11.3 Å². The summed E-state index contributed by atoms with van der Waals surface area (Å²) < 4.78 is 25.0. The summed E-state index contributed by atoms with van der Waals surface area (Å²) in [6, 6.07) is 11.3. The number of thioether (sulfide) groups is 1. The number of benzene rings is 2. The van der Waals surface area contributed by atoms with E-state index in [1.165, 1.54) is 6.07 Å². The van der Waals surface area contributed by atoms with Gasteiger partial charge in [0.15, 0.2) is 11.5 Å². The van der Waals surface area contributed by atoms with Crippen molar-refractivity contribution in [3.63, 3.8) is 0 Å². The van der Waals surface area contributed by atoms with Gasteiger partial charge in [-0.2, -0.15) is 0 Å².